The van der Waals surface area contributed by atoms with Crippen molar-refractivity contribution >= 4 is 11.8 Å². The number of Topliss-reactive ketones (excluding diaryl/α,β-unsaturated/α-hetero) is 1. The number of hydrogen-bond donors (Lipinski definition) is 0. The van der Waals surface area contributed by atoms with E-state index in [1.54, 1.807) is 13.8 Å². The molecule has 3 rings (SSSR count). The summed E-state index contributed by atoms with van der Waals surface area (Å²) >= 11 is 0. The van der Waals surface area contributed by atoms with Crippen molar-refractivity contribution in [3.8, 4) is 0 Å². The Hall–Kier alpha value is -1.86. The Labute approximate surface area is 157 Å². The van der Waals surface area contributed by atoms with Crippen molar-refractivity contribution in [1.82, 2.24) is 0 Å². The van der Waals surface area contributed by atoms with Gasteiger partial charge in [0.1, 0.15) is 18.1 Å². The Bertz CT molecular complexity index is 740. The highest BCUT2D eigenvalue weighted by Crippen LogP contribution is 2.47. The van der Waals surface area contributed by atoms with Crippen molar-refractivity contribution in [3.05, 3.63) is 34.4 Å². The molecule has 0 radical (unpaired) electrons. The Kier molecular flexibility index (Phi) is 5.91. The highest BCUT2D eigenvalue weighted by atomic mass is 19.1. The van der Waals surface area contributed by atoms with Crippen LogP contribution in [0, 0.1) is 11.6 Å². The topological polar surface area (TPSA) is 61.8 Å². The minimum Gasteiger partial charge on any atom is -0.466 e. The first-order valence-electron chi connectivity index (χ1n) is 9.38. The first kappa shape index (κ1) is 19.9. The lowest BCUT2D eigenvalue weighted by atomic mass is 9.88. The second-order valence-corrected chi connectivity index (χ2v) is 6.92. The molecule has 1 saturated carbocycles. The summed E-state index contributed by atoms with van der Waals surface area (Å²) in [5, 5.41) is 0. The first-order valence-corrected chi connectivity index (χ1v) is 9.38. The van der Waals surface area contributed by atoms with Crippen LogP contribution < -0.4 is 0 Å². The predicted molar refractivity (Wildman–Crippen MR) is 92.5 cm³/mol. The van der Waals surface area contributed by atoms with Crippen molar-refractivity contribution in [3.63, 3.8) is 0 Å². The van der Waals surface area contributed by atoms with E-state index in [0.29, 0.717) is 38.0 Å². The van der Waals surface area contributed by atoms with Crippen molar-refractivity contribution in [2.75, 3.05) is 19.8 Å². The Morgan fingerprint density at radius 1 is 1.26 bits per heavy atom. The standard InChI is InChI=1S/C20H24F2O5/c1-3-13-18(12-5-6-20(11-12)26-7-8-27-20)15(21)9-14(19(13)22)16(23)10-17(24)25-4-2/h9,12H,3-8,10-11H2,1-2H3. The van der Waals surface area contributed by atoms with Crippen LogP contribution in [0.25, 0.3) is 0 Å². The summed E-state index contributed by atoms with van der Waals surface area (Å²) in [6.07, 6.45) is 1.35. The molecule has 1 atom stereocenters. The van der Waals surface area contributed by atoms with E-state index < -0.39 is 41.2 Å². The molecule has 0 amide bonds. The molecule has 1 aromatic carbocycles. The summed E-state index contributed by atoms with van der Waals surface area (Å²) in [6.45, 7) is 4.46. The van der Waals surface area contributed by atoms with Gasteiger partial charge in [0.15, 0.2) is 11.6 Å². The molecule has 7 heteroatoms. The summed E-state index contributed by atoms with van der Waals surface area (Å²) in [6, 6.07) is 0.909. The van der Waals surface area contributed by atoms with Crippen LogP contribution in [0.5, 0.6) is 0 Å². The Morgan fingerprint density at radius 3 is 2.59 bits per heavy atom. The first-order chi connectivity index (χ1) is 12.9. The van der Waals surface area contributed by atoms with E-state index in [4.69, 9.17) is 14.2 Å². The molecule has 0 N–H and O–H groups in total. The van der Waals surface area contributed by atoms with Gasteiger partial charge in [-0.2, -0.15) is 0 Å². The molecule has 148 valence electrons. The third-order valence-electron chi connectivity index (χ3n) is 5.27. The van der Waals surface area contributed by atoms with E-state index in [-0.39, 0.29) is 24.5 Å². The molecule has 1 saturated heterocycles. The van der Waals surface area contributed by atoms with E-state index in [9.17, 15) is 14.0 Å². The van der Waals surface area contributed by atoms with Crippen LogP contribution >= 0.6 is 0 Å². The summed E-state index contributed by atoms with van der Waals surface area (Å²) in [5.74, 6) is -3.84. The average molecular weight is 382 g/mol. The molecule has 2 aliphatic rings. The third kappa shape index (κ3) is 3.89. The van der Waals surface area contributed by atoms with Crippen LogP contribution in [0.2, 0.25) is 0 Å². The smallest absolute Gasteiger partial charge is 0.313 e. The van der Waals surface area contributed by atoms with Gasteiger partial charge in [-0.05, 0) is 42.9 Å². The molecule has 1 unspecified atom stereocenters. The summed E-state index contributed by atoms with van der Waals surface area (Å²) in [7, 11) is 0. The van der Waals surface area contributed by atoms with Crippen LogP contribution in [-0.2, 0) is 25.4 Å². The van der Waals surface area contributed by atoms with Crippen LogP contribution in [0.3, 0.4) is 0 Å². The zero-order chi connectivity index (χ0) is 19.6. The van der Waals surface area contributed by atoms with Gasteiger partial charge in [-0.3, -0.25) is 9.59 Å². The monoisotopic (exact) mass is 382 g/mol. The largest absolute Gasteiger partial charge is 0.466 e. The van der Waals surface area contributed by atoms with Crippen LogP contribution in [0.4, 0.5) is 8.78 Å². The minimum atomic E-state index is -0.781. The van der Waals surface area contributed by atoms with Gasteiger partial charge < -0.3 is 14.2 Å². The van der Waals surface area contributed by atoms with E-state index in [1.165, 1.54) is 0 Å². The number of carbonyl (C=O) groups excluding carboxylic acids is 2. The van der Waals surface area contributed by atoms with Crippen molar-refractivity contribution in [2.24, 2.45) is 0 Å². The maximum atomic E-state index is 15.0. The summed E-state index contributed by atoms with van der Waals surface area (Å²) < 4.78 is 46.0. The molecule has 0 bridgehead atoms. The molecule has 1 aliphatic heterocycles. The molecule has 2 fully saturated rings. The van der Waals surface area contributed by atoms with E-state index in [2.05, 4.69) is 0 Å². The van der Waals surface area contributed by atoms with Crippen molar-refractivity contribution in [2.45, 2.75) is 57.7 Å². The van der Waals surface area contributed by atoms with Gasteiger partial charge in [0.25, 0.3) is 0 Å². The highest BCUT2D eigenvalue weighted by Gasteiger charge is 2.45. The molecule has 27 heavy (non-hydrogen) atoms. The predicted octanol–water partition coefficient (Wildman–Crippen LogP) is 3.67. The minimum absolute atomic E-state index is 0.121. The lowest BCUT2D eigenvalue weighted by Gasteiger charge is -2.23. The number of rotatable bonds is 6. The fourth-order valence-electron chi connectivity index (χ4n) is 4.10. The third-order valence-corrected chi connectivity index (χ3v) is 5.27. The molecule has 1 spiro atoms. The molecule has 1 heterocycles. The Morgan fingerprint density at radius 2 is 1.96 bits per heavy atom. The average Bonchev–Trinajstić information content (AvgIpc) is 3.26. The molecular weight excluding hydrogens is 358 g/mol. The van der Waals surface area contributed by atoms with E-state index in [0.717, 1.165) is 6.07 Å². The molecule has 5 nitrogen and oxygen atoms in total. The normalized spacial score (nSPS) is 21.0. The van der Waals surface area contributed by atoms with Crippen LogP contribution in [-0.4, -0.2) is 37.4 Å². The number of ketones is 1. The lowest BCUT2D eigenvalue weighted by Crippen LogP contribution is -2.26. The molecular formula is C20H24F2O5. The second-order valence-electron chi connectivity index (χ2n) is 6.92. The number of carbonyl (C=O) groups is 2. The van der Waals surface area contributed by atoms with Gasteiger partial charge in [-0.1, -0.05) is 6.92 Å². The van der Waals surface area contributed by atoms with Gasteiger partial charge in [0.2, 0.25) is 0 Å². The maximum Gasteiger partial charge on any atom is 0.313 e. The lowest BCUT2D eigenvalue weighted by molar-refractivity contribution is -0.151. The number of benzene rings is 1. The molecule has 0 aromatic heterocycles. The second kappa shape index (κ2) is 8.02. The zero-order valence-electron chi connectivity index (χ0n) is 15.6. The highest BCUT2D eigenvalue weighted by molar-refractivity contribution is 6.06. The number of ether oxygens (including phenoxy) is 3. The molecule has 1 aliphatic carbocycles. The summed E-state index contributed by atoms with van der Waals surface area (Å²) in [5.41, 5.74) is 0.0724. The number of esters is 1. The van der Waals surface area contributed by atoms with E-state index >= 15 is 4.39 Å². The van der Waals surface area contributed by atoms with Gasteiger partial charge >= 0.3 is 5.97 Å². The number of halogens is 2. The van der Waals surface area contributed by atoms with Gasteiger partial charge in [0, 0.05) is 12.8 Å². The fraction of sp³-hybridized carbons (Fsp3) is 0.600. The Balaban J connectivity index is 1.89. The van der Waals surface area contributed by atoms with Gasteiger partial charge in [0.05, 0.1) is 25.4 Å². The van der Waals surface area contributed by atoms with Crippen LogP contribution in [0.1, 0.15) is 66.9 Å². The van der Waals surface area contributed by atoms with Gasteiger partial charge in [-0.25, -0.2) is 8.78 Å². The number of hydrogen-bond acceptors (Lipinski definition) is 5. The zero-order valence-corrected chi connectivity index (χ0v) is 15.6. The molecule has 1 aromatic rings. The summed E-state index contributed by atoms with van der Waals surface area (Å²) in [4.78, 5) is 23.8. The van der Waals surface area contributed by atoms with Gasteiger partial charge in [-0.15, -0.1) is 0 Å². The quantitative estimate of drug-likeness (QED) is 0.427. The fourth-order valence-corrected chi connectivity index (χ4v) is 4.10. The van der Waals surface area contributed by atoms with E-state index in [1.807, 2.05) is 0 Å². The van der Waals surface area contributed by atoms with Crippen molar-refractivity contribution in [1.29, 1.82) is 0 Å². The maximum absolute atomic E-state index is 15.0. The SMILES string of the molecule is CCOC(=O)CC(=O)c1cc(F)c(C2CCC3(C2)OCCO3)c(CC)c1F. The van der Waals surface area contributed by atoms with Crippen LogP contribution in [0.15, 0.2) is 6.07 Å². The van der Waals surface area contributed by atoms with Crippen molar-refractivity contribution < 1.29 is 32.6 Å².